The Labute approximate surface area is 158 Å². The zero-order valence-corrected chi connectivity index (χ0v) is 16.0. The van der Waals surface area contributed by atoms with E-state index in [9.17, 15) is 26.0 Å². The van der Waals surface area contributed by atoms with Crippen LogP contribution in [0.25, 0.3) is 0 Å². The van der Waals surface area contributed by atoms with Crippen LogP contribution in [0.2, 0.25) is 0 Å². The lowest BCUT2D eigenvalue weighted by Crippen LogP contribution is -2.42. The highest BCUT2D eigenvalue weighted by molar-refractivity contribution is 7.91. The normalized spacial score (nSPS) is 17.1. The third kappa shape index (κ3) is 4.03. The molecule has 27 heavy (non-hydrogen) atoms. The molecule has 1 aromatic carbocycles. The van der Waals surface area contributed by atoms with E-state index in [0.717, 1.165) is 53.6 Å². The second kappa shape index (κ2) is 7.50. The van der Waals surface area contributed by atoms with Crippen LogP contribution in [0.1, 0.15) is 29.3 Å². The number of sulfonamides is 1. The van der Waals surface area contributed by atoms with Crippen LogP contribution >= 0.6 is 11.3 Å². The van der Waals surface area contributed by atoms with Crippen molar-refractivity contribution >= 4 is 21.4 Å². The van der Waals surface area contributed by atoms with Gasteiger partial charge in [-0.15, -0.1) is 11.3 Å². The van der Waals surface area contributed by atoms with Crippen LogP contribution in [-0.4, -0.2) is 38.5 Å². The zero-order valence-electron chi connectivity index (χ0n) is 14.3. The van der Waals surface area contributed by atoms with Gasteiger partial charge in [0.2, 0.25) is 0 Å². The zero-order chi connectivity index (χ0) is 19.8. The summed E-state index contributed by atoms with van der Waals surface area (Å²) in [5, 5.41) is 3.07. The molecule has 148 valence electrons. The number of nitrogens with zero attached hydrogens (tertiary/aromatic N) is 1. The number of hydrogen-bond donors (Lipinski definition) is 1. The van der Waals surface area contributed by atoms with Crippen LogP contribution in [-0.2, 0) is 10.0 Å². The fraction of sp³-hybridized carbons (Fsp3) is 0.412. The van der Waals surface area contributed by atoms with E-state index in [2.05, 4.69) is 5.32 Å². The van der Waals surface area contributed by atoms with Crippen LogP contribution < -0.4 is 5.32 Å². The third-order valence-electron chi connectivity index (χ3n) is 4.44. The van der Waals surface area contributed by atoms with Gasteiger partial charge in [-0.25, -0.2) is 12.8 Å². The van der Waals surface area contributed by atoms with Gasteiger partial charge in [0, 0.05) is 30.4 Å². The van der Waals surface area contributed by atoms with E-state index in [-0.39, 0.29) is 22.2 Å². The molecule has 2 aromatic rings. The molecular formula is C17H18F4N2O2S2. The van der Waals surface area contributed by atoms with Crippen molar-refractivity contribution in [2.45, 2.75) is 29.3 Å². The summed E-state index contributed by atoms with van der Waals surface area (Å²) in [6.45, 7) is 2.42. The highest BCUT2D eigenvalue weighted by atomic mass is 32.2. The van der Waals surface area contributed by atoms with Gasteiger partial charge in [0.25, 0.3) is 10.0 Å². The number of rotatable bonds is 6. The van der Waals surface area contributed by atoms with Crippen molar-refractivity contribution in [3.8, 4) is 0 Å². The smallest absolute Gasteiger partial charge is 0.315 e. The van der Waals surface area contributed by atoms with Crippen LogP contribution in [0, 0.1) is 5.82 Å². The molecule has 3 rings (SSSR count). The SMILES string of the molecule is CCN(C(c1ccc(F)cc1)C(F)(F)F)S(=O)(=O)c1ccc(C2CNC2)s1. The molecule has 0 saturated carbocycles. The summed E-state index contributed by atoms with van der Waals surface area (Å²) in [7, 11) is -4.37. The summed E-state index contributed by atoms with van der Waals surface area (Å²) in [6.07, 6.45) is -4.85. The number of alkyl halides is 3. The standard InChI is InChI=1S/C17H18F4N2O2S2/c1-2-23(16(17(19,20)21)11-3-5-13(18)6-4-11)27(24,25)15-8-7-14(26-15)12-9-22-10-12/h3-8,12,16,22H,2,9-10H2,1H3. The monoisotopic (exact) mass is 422 g/mol. The summed E-state index contributed by atoms with van der Waals surface area (Å²) < 4.78 is 80.7. The average molecular weight is 422 g/mol. The molecule has 1 unspecified atom stereocenters. The molecule has 2 heterocycles. The fourth-order valence-electron chi connectivity index (χ4n) is 2.95. The number of benzene rings is 1. The van der Waals surface area contributed by atoms with Gasteiger partial charge in [-0.1, -0.05) is 19.1 Å². The molecule has 1 atom stereocenters. The molecular weight excluding hydrogens is 404 g/mol. The van der Waals surface area contributed by atoms with E-state index in [1.807, 2.05) is 0 Å². The minimum atomic E-state index is -4.85. The molecule has 0 spiro atoms. The van der Waals surface area contributed by atoms with Crippen LogP contribution in [0.4, 0.5) is 17.6 Å². The molecule has 0 amide bonds. The summed E-state index contributed by atoms with van der Waals surface area (Å²) in [5.74, 6) is -0.507. The Bertz CT molecular complexity index is 890. The van der Waals surface area contributed by atoms with Crippen LogP contribution in [0.3, 0.4) is 0 Å². The van der Waals surface area contributed by atoms with E-state index in [4.69, 9.17) is 0 Å². The molecule has 4 nitrogen and oxygen atoms in total. The van der Waals surface area contributed by atoms with Gasteiger partial charge >= 0.3 is 6.18 Å². The van der Waals surface area contributed by atoms with Crippen molar-refractivity contribution < 1.29 is 26.0 Å². The lowest BCUT2D eigenvalue weighted by Gasteiger charge is -2.31. The quantitative estimate of drug-likeness (QED) is 0.719. The summed E-state index contributed by atoms with van der Waals surface area (Å²) in [5.41, 5.74) is -0.325. The van der Waals surface area contributed by atoms with Crippen molar-refractivity contribution in [1.82, 2.24) is 9.62 Å². The van der Waals surface area contributed by atoms with Gasteiger partial charge in [-0.05, 0) is 29.8 Å². The Hall–Kier alpha value is -1.49. The Morgan fingerprint density at radius 2 is 1.81 bits per heavy atom. The van der Waals surface area contributed by atoms with Gasteiger partial charge in [0.1, 0.15) is 16.1 Å². The van der Waals surface area contributed by atoms with Crippen molar-refractivity contribution in [3.63, 3.8) is 0 Å². The van der Waals surface area contributed by atoms with Crippen LogP contribution in [0.5, 0.6) is 0 Å². The second-order valence-electron chi connectivity index (χ2n) is 6.22. The molecule has 1 aromatic heterocycles. The maximum Gasteiger partial charge on any atom is 0.409 e. The molecule has 10 heteroatoms. The van der Waals surface area contributed by atoms with E-state index >= 15 is 0 Å². The average Bonchev–Trinajstić information content (AvgIpc) is 3.01. The van der Waals surface area contributed by atoms with Gasteiger partial charge in [0.15, 0.2) is 0 Å². The van der Waals surface area contributed by atoms with Crippen molar-refractivity contribution in [2.75, 3.05) is 19.6 Å². The summed E-state index contributed by atoms with van der Waals surface area (Å²) in [6, 6.07) is 4.33. The molecule has 1 aliphatic heterocycles. The highest BCUT2D eigenvalue weighted by Crippen LogP contribution is 2.42. The minimum absolute atomic E-state index is 0.123. The second-order valence-corrected chi connectivity index (χ2v) is 9.45. The van der Waals surface area contributed by atoms with E-state index in [1.165, 1.54) is 13.0 Å². The molecule has 0 radical (unpaired) electrons. The number of thiophene rings is 1. The summed E-state index contributed by atoms with van der Waals surface area (Å²) >= 11 is 0.996. The first-order chi connectivity index (χ1) is 12.6. The van der Waals surface area contributed by atoms with Crippen molar-refractivity contribution in [3.05, 3.63) is 52.7 Å². The first-order valence-electron chi connectivity index (χ1n) is 8.29. The molecule has 0 aliphatic carbocycles. The largest absolute Gasteiger partial charge is 0.409 e. The molecule has 1 saturated heterocycles. The van der Waals surface area contributed by atoms with Gasteiger partial charge in [-0.3, -0.25) is 0 Å². The Morgan fingerprint density at radius 1 is 1.19 bits per heavy atom. The Kier molecular flexibility index (Phi) is 5.62. The van der Waals surface area contributed by atoms with Gasteiger partial charge < -0.3 is 5.32 Å². The fourth-order valence-corrected chi connectivity index (χ4v) is 6.12. The predicted molar refractivity (Wildman–Crippen MR) is 94.7 cm³/mol. The Balaban J connectivity index is 2.00. The third-order valence-corrected chi connectivity index (χ3v) is 8.10. The topological polar surface area (TPSA) is 49.4 Å². The van der Waals surface area contributed by atoms with Crippen molar-refractivity contribution in [2.24, 2.45) is 0 Å². The molecule has 1 aliphatic rings. The van der Waals surface area contributed by atoms with Gasteiger partial charge in [0.05, 0.1) is 0 Å². The molecule has 1 fully saturated rings. The molecule has 1 N–H and O–H groups in total. The maximum absolute atomic E-state index is 13.8. The number of nitrogens with one attached hydrogen (secondary N) is 1. The number of halogens is 4. The van der Waals surface area contributed by atoms with Crippen molar-refractivity contribution in [1.29, 1.82) is 0 Å². The Morgan fingerprint density at radius 3 is 2.30 bits per heavy atom. The first kappa shape index (κ1) is 20.2. The van der Waals surface area contributed by atoms with E-state index < -0.39 is 28.1 Å². The molecule has 0 bridgehead atoms. The lowest BCUT2D eigenvalue weighted by atomic mass is 10.0. The predicted octanol–water partition coefficient (Wildman–Crippen LogP) is 3.89. The number of hydrogen-bond acceptors (Lipinski definition) is 4. The first-order valence-corrected chi connectivity index (χ1v) is 10.5. The van der Waals surface area contributed by atoms with E-state index in [0.29, 0.717) is 4.31 Å². The van der Waals surface area contributed by atoms with E-state index in [1.54, 1.807) is 6.07 Å². The maximum atomic E-state index is 13.8. The lowest BCUT2D eigenvalue weighted by molar-refractivity contribution is -0.173. The van der Waals surface area contributed by atoms with Crippen LogP contribution in [0.15, 0.2) is 40.6 Å². The minimum Gasteiger partial charge on any atom is -0.315 e. The summed E-state index contributed by atoms with van der Waals surface area (Å²) in [4.78, 5) is 0.828. The van der Waals surface area contributed by atoms with Gasteiger partial charge in [-0.2, -0.15) is 17.5 Å². The highest BCUT2D eigenvalue weighted by Gasteiger charge is 2.49.